The first-order valence-electron chi connectivity index (χ1n) is 12.6. The number of aromatic nitrogens is 3. The molecular formula is C27H29FN6O4S. The summed E-state index contributed by atoms with van der Waals surface area (Å²) in [7, 11) is 1.61. The van der Waals surface area contributed by atoms with Gasteiger partial charge in [0.15, 0.2) is 11.6 Å². The second-order valence-corrected chi connectivity index (χ2v) is 10.3. The zero-order valence-electron chi connectivity index (χ0n) is 21.6. The molecule has 0 radical (unpaired) electrons. The summed E-state index contributed by atoms with van der Waals surface area (Å²) in [5, 5.41) is 9.89. The van der Waals surface area contributed by atoms with Crippen LogP contribution in [0.3, 0.4) is 0 Å². The molecule has 4 aromatic rings. The van der Waals surface area contributed by atoms with Gasteiger partial charge >= 0.3 is 6.03 Å². The van der Waals surface area contributed by atoms with Crippen molar-refractivity contribution in [1.29, 1.82) is 0 Å². The summed E-state index contributed by atoms with van der Waals surface area (Å²) in [4.78, 5) is 30.9. The van der Waals surface area contributed by atoms with Crippen molar-refractivity contribution in [3.63, 3.8) is 0 Å². The number of hydrogen-bond acceptors (Lipinski definition) is 7. The van der Waals surface area contributed by atoms with Crippen molar-refractivity contribution in [3.8, 4) is 21.9 Å². The number of nitrogens with zero attached hydrogens (tertiary/aromatic N) is 4. The minimum atomic E-state index is -0.590. The van der Waals surface area contributed by atoms with Crippen LogP contribution in [0.15, 0.2) is 48.9 Å². The molecule has 2 N–H and O–H groups in total. The second kappa shape index (κ2) is 11.8. The van der Waals surface area contributed by atoms with E-state index in [2.05, 4.69) is 20.7 Å². The van der Waals surface area contributed by atoms with Gasteiger partial charge in [0.25, 0.3) is 0 Å². The number of benzene rings is 1. The van der Waals surface area contributed by atoms with E-state index in [9.17, 15) is 14.0 Å². The van der Waals surface area contributed by atoms with Crippen molar-refractivity contribution >= 4 is 39.2 Å². The van der Waals surface area contributed by atoms with Gasteiger partial charge in [0.1, 0.15) is 5.75 Å². The van der Waals surface area contributed by atoms with E-state index in [1.807, 2.05) is 12.3 Å². The summed E-state index contributed by atoms with van der Waals surface area (Å²) in [6.07, 6.45) is 7.24. The largest absolute Gasteiger partial charge is 0.453 e. The summed E-state index contributed by atoms with van der Waals surface area (Å²) < 4.78 is 28.4. The van der Waals surface area contributed by atoms with Gasteiger partial charge in [-0.2, -0.15) is 5.10 Å². The van der Waals surface area contributed by atoms with Crippen LogP contribution in [-0.4, -0.2) is 64.5 Å². The topological polar surface area (TPSA) is 111 Å². The average Bonchev–Trinajstić information content (AvgIpc) is 3.40. The van der Waals surface area contributed by atoms with E-state index in [4.69, 9.17) is 9.47 Å². The van der Waals surface area contributed by atoms with Crippen molar-refractivity contribution in [2.45, 2.75) is 32.4 Å². The highest BCUT2D eigenvalue weighted by molar-refractivity contribution is 7.22. The number of carbonyl (C=O) groups excluding carboxylic acids is 2. The smallest absolute Gasteiger partial charge is 0.319 e. The van der Waals surface area contributed by atoms with E-state index in [-0.39, 0.29) is 23.7 Å². The van der Waals surface area contributed by atoms with Crippen LogP contribution in [0, 0.1) is 5.82 Å². The molecule has 3 amide bonds. The maximum atomic E-state index is 14.8. The predicted molar refractivity (Wildman–Crippen MR) is 147 cm³/mol. The Balaban J connectivity index is 1.27. The Morgan fingerprint density at radius 1 is 1.21 bits per heavy atom. The number of ether oxygens (including phenoxy) is 2. The van der Waals surface area contributed by atoms with Crippen molar-refractivity contribution in [1.82, 2.24) is 25.0 Å². The van der Waals surface area contributed by atoms with E-state index in [1.54, 1.807) is 48.1 Å². The van der Waals surface area contributed by atoms with Crippen LogP contribution in [0.25, 0.3) is 20.7 Å². The van der Waals surface area contributed by atoms with E-state index in [1.165, 1.54) is 23.5 Å². The molecule has 1 aromatic carbocycles. The van der Waals surface area contributed by atoms with Crippen LogP contribution in [0.5, 0.6) is 11.5 Å². The van der Waals surface area contributed by atoms with E-state index >= 15 is 0 Å². The van der Waals surface area contributed by atoms with Crippen molar-refractivity contribution < 1.29 is 23.5 Å². The molecule has 0 bridgehead atoms. The molecule has 204 valence electrons. The number of fused-ring (bicyclic) bond motifs is 1. The van der Waals surface area contributed by atoms with Gasteiger partial charge in [0.05, 0.1) is 29.6 Å². The molecule has 0 unspecified atom stereocenters. The molecular weight excluding hydrogens is 523 g/mol. The van der Waals surface area contributed by atoms with Crippen molar-refractivity contribution in [2.75, 3.05) is 32.1 Å². The first-order chi connectivity index (χ1) is 18.9. The highest BCUT2D eigenvalue weighted by atomic mass is 32.1. The third-order valence-electron chi connectivity index (χ3n) is 6.23. The van der Waals surface area contributed by atoms with Crippen LogP contribution in [0.2, 0.25) is 0 Å². The molecule has 1 fully saturated rings. The summed E-state index contributed by atoms with van der Waals surface area (Å²) >= 11 is 1.47. The summed E-state index contributed by atoms with van der Waals surface area (Å²) in [5.74, 6) is -0.0804. The zero-order chi connectivity index (χ0) is 27.4. The molecule has 0 saturated heterocycles. The monoisotopic (exact) mass is 552 g/mol. The zero-order valence-corrected chi connectivity index (χ0v) is 22.5. The highest BCUT2D eigenvalue weighted by Crippen LogP contribution is 2.39. The molecule has 0 aliphatic heterocycles. The Morgan fingerprint density at radius 3 is 2.79 bits per heavy atom. The highest BCUT2D eigenvalue weighted by Gasteiger charge is 2.23. The number of amides is 3. The maximum absolute atomic E-state index is 14.8. The Kier molecular flexibility index (Phi) is 8.03. The van der Waals surface area contributed by atoms with Gasteiger partial charge in [-0.1, -0.05) is 0 Å². The quantitative estimate of drug-likeness (QED) is 0.275. The number of carbonyl (C=O) groups is 2. The molecule has 5 rings (SSSR count). The number of thiophene rings is 1. The van der Waals surface area contributed by atoms with Crippen LogP contribution < -0.4 is 15.4 Å². The maximum Gasteiger partial charge on any atom is 0.319 e. The Bertz CT molecular complexity index is 1480. The Labute approximate surface area is 228 Å². The van der Waals surface area contributed by atoms with Crippen LogP contribution >= 0.6 is 11.3 Å². The van der Waals surface area contributed by atoms with Gasteiger partial charge in [-0.05, 0) is 31.0 Å². The number of methoxy groups -OCH3 is 1. The van der Waals surface area contributed by atoms with Gasteiger partial charge in [-0.25, -0.2) is 9.18 Å². The predicted octanol–water partition coefficient (Wildman–Crippen LogP) is 4.87. The van der Waals surface area contributed by atoms with E-state index in [0.29, 0.717) is 37.7 Å². The van der Waals surface area contributed by atoms with Crippen LogP contribution in [0.4, 0.5) is 14.9 Å². The number of urea groups is 1. The normalized spacial score (nSPS) is 12.9. The fourth-order valence-corrected chi connectivity index (χ4v) is 5.00. The Morgan fingerprint density at radius 2 is 2.05 bits per heavy atom. The number of rotatable bonds is 11. The summed E-state index contributed by atoms with van der Waals surface area (Å²) in [6.45, 7) is 3.62. The number of anilines is 1. The lowest BCUT2D eigenvalue weighted by molar-refractivity contribution is -0.129. The molecule has 39 heavy (non-hydrogen) atoms. The van der Waals surface area contributed by atoms with Crippen LogP contribution in [-0.2, 0) is 16.1 Å². The van der Waals surface area contributed by atoms with Gasteiger partial charge in [-0.3, -0.25) is 14.5 Å². The third-order valence-corrected chi connectivity index (χ3v) is 7.41. The van der Waals surface area contributed by atoms with E-state index in [0.717, 1.165) is 33.5 Å². The fourth-order valence-electron chi connectivity index (χ4n) is 3.96. The van der Waals surface area contributed by atoms with Crippen molar-refractivity contribution in [2.24, 2.45) is 0 Å². The number of pyridine rings is 1. The first-order valence-corrected chi connectivity index (χ1v) is 13.4. The molecule has 0 spiro atoms. The molecule has 10 nitrogen and oxygen atoms in total. The number of halogens is 1. The molecule has 3 aromatic heterocycles. The molecule has 12 heteroatoms. The summed E-state index contributed by atoms with van der Waals surface area (Å²) in [6, 6.07) is 7.81. The minimum absolute atomic E-state index is 0.0102. The molecule has 1 aliphatic rings. The lowest BCUT2D eigenvalue weighted by Gasteiger charge is -2.20. The number of hydrogen-bond donors (Lipinski definition) is 2. The van der Waals surface area contributed by atoms with Gasteiger partial charge in [0.2, 0.25) is 5.91 Å². The second-order valence-electron chi connectivity index (χ2n) is 9.25. The number of nitrogens with one attached hydrogen (secondary N) is 2. The lowest BCUT2D eigenvalue weighted by atomic mass is 10.2. The molecule has 0 atom stereocenters. The molecule has 1 saturated carbocycles. The third kappa shape index (κ3) is 6.70. The summed E-state index contributed by atoms with van der Waals surface area (Å²) in [5.41, 5.74) is 1.97. The van der Waals surface area contributed by atoms with Crippen molar-refractivity contribution in [3.05, 3.63) is 54.7 Å². The van der Waals surface area contributed by atoms with Gasteiger partial charge in [0, 0.05) is 73.8 Å². The average molecular weight is 553 g/mol. The Hall–Kier alpha value is -4.03. The minimum Gasteiger partial charge on any atom is -0.453 e. The lowest BCUT2D eigenvalue weighted by Crippen LogP contribution is -2.34. The molecule has 3 heterocycles. The van der Waals surface area contributed by atoms with Gasteiger partial charge in [-0.15, -0.1) is 11.3 Å². The fraction of sp³-hybridized carbons (Fsp3) is 0.333. The van der Waals surface area contributed by atoms with E-state index < -0.39 is 5.82 Å². The standard InChI is InChI=1S/C27H29FN6O4S/c1-17(35)33(11-12-37-2)9-10-34-16-18(15-30-34)25-14-22-26(39-25)24(7-8-29-22)38-23-6-5-20(13-21(23)28)32-27(36)31-19-3-4-19/h5-8,13-16,19H,3-4,9-12H2,1-2H3,(H2,31,32,36). The molecule has 1 aliphatic carbocycles. The van der Waals surface area contributed by atoms with Gasteiger partial charge < -0.3 is 25.0 Å². The first kappa shape index (κ1) is 26.6. The van der Waals surface area contributed by atoms with Crippen LogP contribution in [0.1, 0.15) is 19.8 Å². The SMILES string of the molecule is COCCN(CCn1cc(-c2cc3nccc(Oc4ccc(NC(=O)NC5CC5)cc4F)c3s2)cn1)C(C)=O.